The summed E-state index contributed by atoms with van der Waals surface area (Å²) < 4.78 is 5.00. The molecule has 0 saturated heterocycles. The summed E-state index contributed by atoms with van der Waals surface area (Å²) in [5, 5.41) is 1.11. The van der Waals surface area contributed by atoms with Gasteiger partial charge in [-0.3, -0.25) is 4.98 Å². The van der Waals surface area contributed by atoms with Gasteiger partial charge in [-0.2, -0.15) is 0 Å². The Morgan fingerprint density at radius 3 is 3.00 bits per heavy atom. The van der Waals surface area contributed by atoms with Crippen molar-refractivity contribution in [3.63, 3.8) is 0 Å². The van der Waals surface area contributed by atoms with Crippen molar-refractivity contribution in [2.24, 2.45) is 0 Å². The van der Waals surface area contributed by atoms with E-state index in [0.29, 0.717) is 0 Å². The molecule has 1 heterocycles. The highest BCUT2D eigenvalue weighted by Gasteiger charge is 1.88. The minimum Gasteiger partial charge on any atom is -0.420 e. The molecule has 0 radical (unpaired) electrons. The predicted molar refractivity (Wildman–Crippen MR) is 39.4 cm³/mol. The van der Waals surface area contributed by atoms with Gasteiger partial charge in [0.1, 0.15) is 0 Å². The summed E-state index contributed by atoms with van der Waals surface area (Å²) in [6.45, 7) is 0. The highest BCUT2D eigenvalue weighted by molar-refractivity contribution is 6.45. The molecule has 1 aromatic rings. The third-order valence-corrected chi connectivity index (χ3v) is 2.02. The maximum Gasteiger partial charge on any atom is 0.211 e. The van der Waals surface area contributed by atoms with Crippen LogP contribution < -0.4 is 5.32 Å². The van der Waals surface area contributed by atoms with Crippen molar-refractivity contribution in [3.05, 3.63) is 24.4 Å². The van der Waals surface area contributed by atoms with E-state index in [4.69, 9.17) is 4.43 Å². The number of hydrogen-bond donors (Lipinski definition) is 0. The minimum atomic E-state index is -0.512. The van der Waals surface area contributed by atoms with E-state index in [1.165, 1.54) is 0 Å². The van der Waals surface area contributed by atoms with Crippen molar-refractivity contribution in [1.29, 1.82) is 0 Å². The lowest BCUT2D eigenvalue weighted by Crippen LogP contribution is -2.18. The van der Waals surface area contributed by atoms with Crippen LogP contribution in [0, 0.1) is 0 Å². The fraction of sp³-hybridized carbons (Fsp3) is 0.167. The molecule has 1 rings (SSSR count). The molecule has 0 aliphatic heterocycles. The first-order valence-electron chi connectivity index (χ1n) is 2.82. The van der Waals surface area contributed by atoms with E-state index in [1.807, 2.05) is 18.2 Å². The lowest BCUT2D eigenvalue weighted by molar-refractivity contribution is 0.449. The first kappa shape index (κ1) is 6.45. The molecule has 0 aliphatic carbocycles. The average Bonchev–Trinajstić information content (AvgIpc) is 1.91. The van der Waals surface area contributed by atoms with E-state index < -0.39 is 9.76 Å². The maximum atomic E-state index is 5.00. The quantitative estimate of drug-likeness (QED) is 0.512. The summed E-state index contributed by atoms with van der Waals surface area (Å²) >= 11 is 0. The third kappa shape index (κ3) is 1.95. The zero-order valence-corrected chi connectivity index (χ0v) is 6.79. The highest BCUT2D eigenvalue weighted by Crippen LogP contribution is 1.74. The number of pyridine rings is 1. The Bertz CT molecular complexity index is 166. The molecule has 0 aliphatic rings. The molecule has 0 bridgehead atoms. The summed E-state index contributed by atoms with van der Waals surface area (Å²) in [5.74, 6) is 0. The number of rotatable bonds is 2. The van der Waals surface area contributed by atoms with Crippen LogP contribution in [0.15, 0.2) is 24.4 Å². The van der Waals surface area contributed by atoms with Crippen molar-refractivity contribution >= 4 is 15.1 Å². The van der Waals surface area contributed by atoms with Crippen molar-refractivity contribution < 1.29 is 4.43 Å². The van der Waals surface area contributed by atoms with Gasteiger partial charge < -0.3 is 4.43 Å². The zero-order valence-electron chi connectivity index (χ0n) is 5.37. The van der Waals surface area contributed by atoms with Crippen LogP contribution in [-0.2, 0) is 4.43 Å². The van der Waals surface area contributed by atoms with Crippen LogP contribution in [0.1, 0.15) is 0 Å². The van der Waals surface area contributed by atoms with Crippen molar-refractivity contribution in [3.8, 4) is 0 Å². The van der Waals surface area contributed by atoms with Crippen LogP contribution in [0.2, 0.25) is 0 Å². The largest absolute Gasteiger partial charge is 0.420 e. The summed E-state index contributed by atoms with van der Waals surface area (Å²) in [6.07, 6.45) is 1.79. The molecule has 0 amide bonds. The van der Waals surface area contributed by atoms with E-state index in [-0.39, 0.29) is 0 Å². The number of aromatic nitrogens is 1. The summed E-state index contributed by atoms with van der Waals surface area (Å²) in [5.41, 5.74) is 0. The molecule has 48 valence electrons. The summed E-state index contributed by atoms with van der Waals surface area (Å²) in [7, 11) is 1.21. The highest BCUT2D eigenvalue weighted by atomic mass is 28.2. The van der Waals surface area contributed by atoms with E-state index in [1.54, 1.807) is 13.3 Å². The minimum absolute atomic E-state index is 0.512. The standard InChI is InChI=1S/C6H9NOSi/c1-8-9-6-4-2-3-5-7-6/h2-5H,9H2,1H3. The van der Waals surface area contributed by atoms with Gasteiger partial charge in [-0.15, -0.1) is 0 Å². The SMILES string of the molecule is CO[SiH2]c1ccccn1. The second-order valence-electron chi connectivity index (χ2n) is 1.75. The van der Waals surface area contributed by atoms with E-state index in [0.717, 1.165) is 5.32 Å². The Kier molecular flexibility index (Phi) is 2.42. The van der Waals surface area contributed by atoms with Crippen molar-refractivity contribution in [1.82, 2.24) is 4.98 Å². The fourth-order valence-corrected chi connectivity index (χ4v) is 1.34. The van der Waals surface area contributed by atoms with Gasteiger partial charge >= 0.3 is 0 Å². The van der Waals surface area contributed by atoms with Gasteiger partial charge in [0.05, 0.1) is 0 Å². The van der Waals surface area contributed by atoms with Gasteiger partial charge in [0.25, 0.3) is 0 Å². The van der Waals surface area contributed by atoms with Crippen LogP contribution in [-0.4, -0.2) is 21.9 Å². The van der Waals surface area contributed by atoms with Crippen molar-refractivity contribution in [2.45, 2.75) is 0 Å². The molecule has 1 aromatic heterocycles. The maximum absolute atomic E-state index is 5.00. The molecule has 0 N–H and O–H groups in total. The molecular formula is C6H9NOSi. The molecule has 0 aromatic carbocycles. The fourth-order valence-electron chi connectivity index (χ4n) is 0.631. The molecule has 0 fully saturated rings. The monoisotopic (exact) mass is 139 g/mol. The van der Waals surface area contributed by atoms with E-state index >= 15 is 0 Å². The molecule has 0 unspecified atom stereocenters. The molecular weight excluding hydrogens is 130 g/mol. The van der Waals surface area contributed by atoms with Crippen LogP contribution in [0.3, 0.4) is 0 Å². The lowest BCUT2D eigenvalue weighted by Gasteiger charge is -1.93. The van der Waals surface area contributed by atoms with Crippen molar-refractivity contribution in [2.75, 3.05) is 7.11 Å². The van der Waals surface area contributed by atoms with Crippen LogP contribution in [0.25, 0.3) is 0 Å². The lowest BCUT2D eigenvalue weighted by atomic mass is 10.5. The molecule has 0 spiro atoms. The predicted octanol–water partition coefficient (Wildman–Crippen LogP) is -0.563. The topological polar surface area (TPSA) is 22.1 Å². The Morgan fingerprint density at radius 1 is 1.56 bits per heavy atom. The third-order valence-electron chi connectivity index (χ3n) is 1.02. The molecule has 9 heavy (non-hydrogen) atoms. The van der Waals surface area contributed by atoms with Crippen LogP contribution in [0.4, 0.5) is 0 Å². The Morgan fingerprint density at radius 2 is 2.44 bits per heavy atom. The normalized spacial score (nSPS) is 10.8. The number of hydrogen-bond acceptors (Lipinski definition) is 2. The zero-order chi connectivity index (χ0) is 6.53. The molecule has 0 saturated carbocycles. The van der Waals surface area contributed by atoms with Gasteiger partial charge in [-0.05, 0) is 12.1 Å². The Labute approximate surface area is 56.8 Å². The molecule has 3 heteroatoms. The molecule has 0 atom stereocenters. The average molecular weight is 139 g/mol. The molecule has 2 nitrogen and oxygen atoms in total. The summed E-state index contributed by atoms with van der Waals surface area (Å²) in [6, 6.07) is 5.89. The first-order chi connectivity index (χ1) is 4.43. The van der Waals surface area contributed by atoms with Crippen LogP contribution >= 0.6 is 0 Å². The van der Waals surface area contributed by atoms with Gasteiger partial charge in [0.15, 0.2) is 0 Å². The van der Waals surface area contributed by atoms with E-state index in [2.05, 4.69) is 4.98 Å². The Hall–Kier alpha value is -0.673. The second-order valence-corrected chi connectivity index (χ2v) is 3.34. The van der Waals surface area contributed by atoms with Crippen LogP contribution in [0.5, 0.6) is 0 Å². The Balaban J connectivity index is 2.61. The van der Waals surface area contributed by atoms with E-state index in [9.17, 15) is 0 Å². The first-order valence-corrected chi connectivity index (χ1v) is 4.11. The summed E-state index contributed by atoms with van der Waals surface area (Å²) in [4.78, 5) is 4.11. The van der Waals surface area contributed by atoms with Gasteiger partial charge in [-0.1, -0.05) is 6.07 Å². The van der Waals surface area contributed by atoms with Gasteiger partial charge in [-0.25, -0.2) is 0 Å². The second kappa shape index (κ2) is 3.37. The van der Waals surface area contributed by atoms with Gasteiger partial charge in [0, 0.05) is 18.6 Å². The van der Waals surface area contributed by atoms with Gasteiger partial charge in [0.2, 0.25) is 9.76 Å². The number of nitrogens with zero attached hydrogens (tertiary/aromatic N) is 1. The smallest absolute Gasteiger partial charge is 0.211 e.